The fourth-order valence-electron chi connectivity index (χ4n) is 7.69. The van der Waals surface area contributed by atoms with E-state index >= 15 is 0 Å². The number of aromatic nitrogens is 5. The predicted octanol–water partition coefficient (Wildman–Crippen LogP) is 11.8. The first-order chi connectivity index (χ1) is 26.2. The second-order valence-electron chi connectivity index (χ2n) is 13.3. The lowest BCUT2D eigenvalue weighted by molar-refractivity contribution is 0.953. The van der Waals surface area contributed by atoms with Gasteiger partial charge in [-0.05, 0) is 71.6 Å². The molecule has 0 N–H and O–H groups in total. The number of hydrogen-bond donors (Lipinski definition) is 0. The summed E-state index contributed by atoms with van der Waals surface area (Å²) in [6.45, 7) is 3.95. The average molecular weight is 680 g/mol. The van der Waals surface area contributed by atoms with E-state index in [2.05, 4.69) is 125 Å². The van der Waals surface area contributed by atoms with Crippen LogP contribution in [0.15, 0.2) is 183 Å². The maximum absolute atomic E-state index is 5.09. The van der Waals surface area contributed by atoms with Crippen molar-refractivity contribution in [2.24, 2.45) is 0 Å². The molecule has 10 aromatic rings. The van der Waals surface area contributed by atoms with Crippen LogP contribution >= 0.6 is 0 Å². The first-order valence-electron chi connectivity index (χ1n) is 17.9. The van der Waals surface area contributed by atoms with Gasteiger partial charge < -0.3 is 4.57 Å². The van der Waals surface area contributed by atoms with Crippen molar-refractivity contribution in [3.05, 3.63) is 188 Å². The Morgan fingerprint density at radius 2 is 0.925 bits per heavy atom. The predicted molar refractivity (Wildman–Crippen MR) is 219 cm³/mol. The first-order valence-corrected chi connectivity index (χ1v) is 17.9. The molecular weight excluding hydrogens is 647 g/mol. The highest BCUT2D eigenvalue weighted by Gasteiger charge is 2.19. The zero-order valence-corrected chi connectivity index (χ0v) is 28.9. The molecule has 53 heavy (non-hydrogen) atoms. The van der Waals surface area contributed by atoms with Crippen LogP contribution < -0.4 is 0 Å². The summed E-state index contributed by atoms with van der Waals surface area (Å²) in [4.78, 5) is 15.1. The van der Waals surface area contributed by atoms with Crippen molar-refractivity contribution in [2.45, 2.75) is 6.42 Å². The van der Waals surface area contributed by atoms with Crippen molar-refractivity contribution >= 4 is 43.6 Å². The Balaban J connectivity index is 1.15. The molecule has 0 atom stereocenters. The summed E-state index contributed by atoms with van der Waals surface area (Å²) in [6, 6.07) is 59.8. The molecule has 5 nitrogen and oxygen atoms in total. The zero-order valence-electron chi connectivity index (χ0n) is 28.9. The van der Waals surface area contributed by atoms with Crippen LogP contribution in [0.4, 0.5) is 0 Å². The lowest BCUT2D eigenvalue weighted by atomic mass is 10.0. The number of allylic oxidation sites excluding steroid dienone is 1. The molecule has 0 bridgehead atoms. The first kappa shape index (κ1) is 30.7. The summed E-state index contributed by atoms with van der Waals surface area (Å²) >= 11 is 0. The van der Waals surface area contributed by atoms with E-state index in [0.717, 1.165) is 56.2 Å². The van der Waals surface area contributed by atoms with Gasteiger partial charge >= 0.3 is 0 Å². The van der Waals surface area contributed by atoms with Gasteiger partial charge in [0.1, 0.15) is 0 Å². The average Bonchev–Trinajstić information content (AvgIpc) is 3.74. The topological polar surface area (TPSA) is 48.5 Å². The molecule has 0 fully saturated rings. The standard InChI is InChI=1S/C48H33N5/c1-2-14-32-15-13-20-37(29-32)52-42-23-11-9-21-38(42)40-30-35(25-27-44(40)52)36-26-28-45-41(31-36)39-22-10-12-24-43(39)53(45)48-50-46(33-16-5-3-6-17-33)49-47(51-48)34-18-7-4-8-19-34/h2-13,15-31H,1,14H2. The van der Waals surface area contributed by atoms with Crippen LogP contribution in [0.2, 0.25) is 0 Å². The van der Waals surface area contributed by atoms with Gasteiger partial charge in [0.05, 0.1) is 22.1 Å². The number of para-hydroxylation sites is 2. The smallest absolute Gasteiger partial charge is 0.238 e. The van der Waals surface area contributed by atoms with E-state index in [1.165, 1.54) is 27.4 Å². The Bertz CT molecular complexity index is 2930. The van der Waals surface area contributed by atoms with Gasteiger partial charge in [-0.3, -0.25) is 4.57 Å². The molecule has 0 aliphatic rings. The van der Waals surface area contributed by atoms with Gasteiger partial charge in [-0.1, -0.05) is 127 Å². The van der Waals surface area contributed by atoms with Crippen LogP contribution in [-0.2, 0) is 6.42 Å². The van der Waals surface area contributed by atoms with Gasteiger partial charge in [0, 0.05) is 38.4 Å². The largest absolute Gasteiger partial charge is 0.309 e. The molecular formula is C48H33N5. The van der Waals surface area contributed by atoms with Crippen LogP contribution in [0.3, 0.4) is 0 Å². The highest BCUT2D eigenvalue weighted by Crippen LogP contribution is 2.38. The van der Waals surface area contributed by atoms with Gasteiger partial charge in [-0.25, -0.2) is 4.98 Å². The van der Waals surface area contributed by atoms with Crippen LogP contribution in [0.25, 0.3) is 89.2 Å². The van der Waals surface area contributed by atoms with Crippen LogP contribution in [0.1, 0.15) is 5.56 Å². The molecule has 3 aromatic heterocycles. The monoisotopic (exact) mass is 679 g/mol. The van der Waals surface area contributed by atoms with E-state index < -0.39 is 0 Å². The lowest BCUT2D eigenvalue weighted by Crippen LogP contribution is -2.06. The van der Waals surface area contributed by atoms with Crippen molar-refractivity contribution in [3.63, 3.8) is 0 Å². The lowest BCUT2D eigenvalue weighted by Gasteiger charge is -2.11. The summed E-state index contributed by atoms with van der Waals surface area (Å²) in [6.07, 6.45) is 2.79. The van der Waals surface area contributed by atoms with Crippen molar-refractivity contribution in [1.82, 2.24) is 24.1 Å². The third kappa shape index (κ3) is 5.21. The van der Waals surface area contributed by atoms with Crippen molar-refractivity contribution < 1.29 is 0 Å². The minimum absolute atomic E-state index is 0.586. The maximum Gasteiger partial charge on any atom is 0.238 e. The third-order valence-electron chi connectivity index (χ3n) is 10.1. The van der Waals surface area contributed by atoms with E-state index in [9.17, 15) is 0 Å². The Kier molecular flexibility index (Phi) is 7.29. The van der Waals surface area contributed by atoms with Gasteiger partial charge in [-0.2, -0.15) is 9.97 Å². The van der Waals surface area contributed by atoms with Gasteiger partial charge in [0.25, 0.3) is 0 Å². The minimum atomic E-state index is 0.586. The molecule has 0 amide bonds. The molecule has 0 spiro atoms. The Morgan fingerprint density at radius 1 is 0.415 bits per heavy atom. The van der Waals surface area contributed by atoms with E-state index in [-0.39, 0.29) is 0 Å². The highest BCUT2D eigenvalue weighted by atomic mass is 15.2. The number of fused-ring (bicyclic) bond motifs is 6. The SMILES string of the molecule is C=CCc1cccc(-n2c3ccccc3c3cc(-c4ccc5c(c4)c4ccccc4n5-c4nc(-c5ccccc5)nc(-c5ccccc5)n4)ccc32)c1. The third-order valence-corrected chi connectivity index (χ3v) is 10.1. The molecule has 0 aliphatic heterocycles. The molecule has 5 heteroatoms. The normalized spacial score (nSPS) is 11.5. The minimum Gasteiger partial charge on any atom is -0.309 e. The molecule has 0 saturated heterocycles. The number of rotatable bonds is 7. The van der Waals surface area contributed by atoms with E-state index in [1.807, 2.05) is 66.7 Å². The second kappa shape index (κ2) is 12.6. The molecule has 0 radical (unpaired) electrons. The van der Waals surface area contributed by atoms with Crippen LogP contribution in [0.5, 0.6) is 0 Å². The van der Waals surface area contributed by atoms with Crippen molar-refractivity contribution in [2.75, 3.05) is 0 Å². The van der Waals surface area contributed by atoms with E-state index in [1.54, 1.807) is 0 Å². The molecule has 0 aliphatic carbocycles. The van der Waals surface area contributed by atoms with Crippen molar-refractivity contribution in [1.29, 1.82) is 0 Å². The summed E-state index contributed by atoms with van der Waals surface area (Å²) in [7, 11) is 0. The molecule has 0 unspecified atom stereocenters. The van der Waals surface area contributed by atoms with Crippen LogP contribution in [0, 0.1) is 0 Å². The number of hydrogen-bond acceptors (Lipinski definition) is 3. The summed E-state index contributed by atoms with van der Waals surface area (Å²) in [5.41, 5.74) is 11.1. The maximum atomic E-state index is 5.09. The fraction of sp³-hybridized carbons (Fsp3) is 0.0208. The summed E-state index contributed by atoms with van der Waals surface area (Å²) < 4.78 is 4.55. The van der Waals surface area contributed by atoms with Gasteiger partial charge in [0.15, 0.2) is 11.6 Å². The van der Waals surface area contributed by atoms with Crippen LogP contribution in [-0.4, -0.2) is 24.1 Å². The van der Waals surface area contributed by atoms with E-state index in [0.29, 0.717) is 17.6 Å². The molecule has 3 heterocycles. The van der Waals surface area contributed by atoms with Gasteiger partial charge in [-0.15, -0.1) is 6.58 Å². The Labute approximate surface area is 306 Å². The summed E-state index contributed by atoms with van der Waals surface area (Å²) in [5, 5.41) is 4.74. The number of benzene rings is 7. The Morgan fingerprint density at radius 3 is 1.51 bits per heavy atom. The quantitative estimate of drug-likeness (QED) is 0.158. The highest BCUT2D eigenvalue weighted by molar-refractivity contribution is 6.12. The zero-order chi connectivity index (χ0) is 35.3. The van der Waals surface area contributed by atoms with Gasteiger partial charge in [0.2, 0.25) is 5.95 Å². The fourth-order valence-corrected chi connectivity index (χ4v) is 7.69. The number of nitrogens with zero attached hydrogens (tertiary/aromatic N) is 5. The molecule has 10 rings (SSSR count). The Hall–Kier alpha value is -7.11. The molecule has 0 saturated carbocycles. The second-order valence-corrected chi connectivity index (χ2v) is 13.3. The molecule has 7 aromatic carbocycles. The summed E-state index contributed by atoms with van der Waals surface area (Å²) in [5.74, 6) is 1.86. The van der Waals surface area contributed by atoms with Crippen molar-refractivity contribution in [3.8, 4) is 45.5 Å². The molecule has 250 valence electrons. The van der Waals surface area contributed by atoms with E-state index in [4.69, 9.17) is 15.0 Å².